The summed E-state index contributed by atoms with van der Waals surface area (Å²) in [7, 11) is 0. The SMILES string of the molecule is O=C1CSc2cc(Br)c(C(=O)O)cc2N1. The number of halogens is 1. The maximum absolute atomic E-state index is 11.1. The summed E-state index contributed by atoms with van der Waals surface area (Å²) in [5.74, 6) is -0.757. The molecule has 1 aromatic carbocycles. The van der Waals surface area contributed by atoms with Crippen LogP contribution in [0, 0.1) is 0 Å². The third kappa shape index (κ3) is 2.00. The lowest BCUT2D eigenvalue weighted by Gasteiger charge is -2.17. The lowest BCUT2D eigenvalue weighted by molar-refractivity contribution is -0.113. The summed E-state index contributed by atoms with van der Waals surface area (Å²) in [6, 6.07) is 3.18. The van der Waals surface area contributed by atoms with Gasteiger partial charge in [0.15, 0.2) is 0 Å². The molecule has 78 valence electrons. The van der Waals surface area contributed by atoms with Crippen LogP contribution >= 0.6 is 27.7 Å². The molecule has 0 aliphatic carbocycles. The molecule has 1 aliphatic rings. The van der Waals surface area contributed by atoms with E-state index in [0.717, 1.165) is 4.90 Å². The summed E-state index contributed by atoms with van der Waals surface area (Å²) < 4.78 is 0.525. The molecule has 2 rings (SSSR count). The highest BCUT2D eigenvalue weighted by Gasteiger charge is 2.19. The number of carbonyl (C=O) groups is 2. The van der Waals surface area contributed by atoms with Gasteiger partial charge in [-0.1, -0.05) is 0 Å². The molecule has 1 aliphatic heterocycles. The molecule has 0 bridgehead atoms. The Labute approximate surface area is 98.2 Å². The largest absolute Gasteiger partial charge is 0.478 e. The number of nitrogens with one attached hydrogen (secondary N) is 1. The molecule has 1 aromatic rings. The highest BCUT2D eigenvalue weighted by molar-refractivity contribution is 9.10. The standard InChI is InChI=1S/C9H6BrNO3S/c10-5-2-7-6(1-4(5)9(13)14)11-8(12)3-15-7/h1-2H,3H2,(H,11,12)(H,13,14). The Morgan fingerprint density at radius 3 is 2.93 bits per heavy atom. The number of fused-ring (bicyclic) bond motifs is 1. The zero-order valence-corrected chi connectivity index (χ0v) is 9.81. The topological polar surface area (TPSA) is 66.4 Å². The van der Waals surface area contributed by atoms with Gasteiger partial charge < -0.3 is 10.4 Å². The first-order chi connectivity index (χ1) is 7.08. The van der Waals surface area contributed by atoms with Gasteiger partial charge in [0.2, 0.25) is 5.91 Å². The van der Waals surface area contributed by atoms with Crippen molar-refractivity contribution >= 4 is 45.3 Å². The van der Waals surface area contributed by atoms with E-state index in [9.17, 15) is 9.59 Å². The van der Waals surface area contributed by atoms with E-state index in [1.165, 1.54) is 17.8 Å². The van der Waals surface area contributed by atoms with Crippen molar-refractivity contribution in [2.45, 2.75) is 4.90 Å². The molecule has 1 amide bonds. The van der Waals surface area contributed by atoms with Crippen molar-refractivity contribution in [1.29, 1.82) is 0 Å². The van der Waals surface area contributed by atoms with Crippen LogP contribution in [-0.4, -0.2) is 22.7 Å². The minimum absolute atomic E-state index is 0.105. The number of aromatic carboxylic acids is 1. The molecular formula is C9H6BrNO3S. The fraction of sp³-hybridized carbons (Fsp3) is 0.111. The number of carboxylic acid groups (broad SMARTS) is 1. The first kappa shape index (κ1) is 10.5. The highest BCUT2D eigenvalue weighted by Crippen LogP contribution is 2.35. The quantitative estimate of drug-likeness (QED) is 0.831. The Bertz CT molecular complexity index is 461. The first-order valence-electron chi connectivity index (χ1n) is 4.07. The van der Waals surface area contributed by atoms with Crippen LogP contribution < -0.4 is 5.32 Å². The van der Waals surface area contributed by atoms with Gasteiger partial charge in [0, 0.05) is 9.37 Å². The van der Waals surface area contributed by atoms with E-state index in [1.54, 1.807) is 6.07 Å². The maximum Gasteiger partial charge on any atom is 0.336 e. The molecule has 4 nitrogen and oxygen atoms in total. The van der Waals surface area contributed by atoms with Crippen molar-refractivity contribution in [2.75, 3.05) is 11.1 Å². The molecule has 15 heavy (non-hydrogen) atoms. The Balaban J connectivity index is 2.51. The Morgan fingerprint density at radius 1 is 1.53 bits per heavy atom. The molecule has 6 heteroatoms. The molecule has 0 saturated carbocycles. The van der Waals surface area contributed by atoms with Crippen molar-refractivity contribution in [3.63, 3.8) is 0 Å². The highest BCUT2D eigenvalue weighted by atomic mass is 79.9. The Morgan fingerprint density at radius 2 is 2.27 bits per heavy atom. The molecular weight excluding hydrogens is 282 g/mol. The number of hydrogen-bond acceptors (Lipinski definition) is 3. The minimum atomic E-state index is -1.02. The van der Waals surface area contributed by atoms with E-state index >= 15 is 0 Å². The van der Waals surface area contributed by atoms with Gasteiger partial charge in [-0.25, -0.2) is 4.79 Å². The van der Waals surface area contributed by atoms with Crippen molar-refractivity contribution in [2.24, 2.45) is 0 Å². The summed E-state index contributed by atoms with van der Waals surface area (Å²) in [4.78, 5) is 22.8. The molecule has 0 aromatic heterocycles. The van der Waals surface area contributed by atoms with Gasteiger partial charge in [0.25, 0.3) is 0 Å². The summed E-state index contributed by atoms with van der Waals surface area (Å²) in [5.41, 5.74) is 0.716. The van der Waals surface area contributed by atoms with Gasteiger partial charge in [0.05, 0.1) is 17.0 Å². The second-order valence-corrected chi connectivity index (χ2v) is 4.84. The minimum Gasteiger partial charge on any atom is -0.478 e. The van der Waals surface area contributed by atoms with Gasteiger partial charge in [-0.2, -0.15) is 0 Å². The van der Waals surface area contributed by atoms with Gasteiger partial charge in [-0.3, -0.25) is 4.79 Å². The molecule has 0 atom stereocenters. The number of anilines is 1. The number of thioether (sulfide) groups is 1. The number of hydrogen-bond donors (Lipinski definition) is 2. The van der Waals surface area contributed by atoms with E-state index in [-0.39, 0.29) is 11.5 Å². The number of carbonyl (C=O) groups excluding carboxylic acids is 1. The van der Waals surface area contributed by atoms with E-state index in [2.05, 4.69) is 21.2 Å². The summed E-state index contributed by atoms with van der Waals surface area (Å²) in [6.45, 7) is 0. The molecule has 0 fully saturated rings. The first-order valence-corrected chi connectivity index (χ1v) is 5.85. The number of benzene rings is 1. The fourth-order valence-corrected chi connectivity index (χ4v) is 2.76. The second kappa shape index (κ2) is 3.86. The van der Waals surface area contributed by atoms with Crippen molar-refractivity contribution in [1.82, 2.24) is 0 Å². The van der Waals surface area contributed by atoms with Gasteiger partial charge >= 0.3 is 5.97 Å². The number of carboxylic acids is 1. The summed E-state index contributed by atoms with van der Waals surface area (Å²) in [5, 5.41) is 11.5. The molecule has 0 unspecified atom stereocenters. The van der Waals surface area contributed by atoms with Crippen LogP contribution in [0.2, 0.25) is 0 Å². The predicted octanol–water partition coefficient (Wildman–Crippen LogP) is 2.19. The number of amides is 1. The van der Waals surface area contributed by atoms with Crippen molar-refractivity contribution in [3.8, 4) is 0 Å². The average Bonchev–Trinajstić information content (AvgIpc) is 2.17. The van der Waals surface area contributed by atoms with Crippen LogP contribution in [0.15, 0.2) is 21.5 Å². The van der Waals surface area contributed by atoms with E-state index in [4.69, 9.17) is 5.11 Å². The maximum atomic E-state index is 11.1. The normalized spacial score (nSPS) is 14.3. The Hall–Kier alpha value is -1.01. The van der Waals surface area contributed by atoms with Crippen molar-refractivity contribution < 1.29 is 14.7 Å². The van der Waals surface area contributed by atoms with Crippen LogP contribution in [0.1, 0.15) is 10.4 Å². The summed E-state index contributed by atoms with van der Waals surface area (Å²) in [6.07, 6.45) is 0. The van der Waals surface area contributed by atoms with E-state index in [0.29, 0.717) is 15.9 Å². The van der Waals surface area contributed by atoms with E-state index < -0.39 is 5.97 Å². The average molecular weight is 288 g/mol. The monoisotopic (exact) mass is 287 g/mol. The third-order valence-electron chi connectivity index (χ3n) is 1.93. The van der Waals surface area contributed by atoms with Crippen molar-refractivity contribution in [3.05, 3.63) is 22.2 Å². The molecule has 0 saturated heterocycles. The fourth-order valence-electron chi connectivity index (χ4n) is 1.27. The summed E-state index contributed by atoms with van der Waals surface area (Å²) >= 11 is 4.58. The smallest absolute Gasteiger partial charge is 0.336 e. The second-order valence-electron chi connectivity index (χ2n) is 2.97. The third-order valence-corrected chi connectivity index (χ3v) is 3.64. The predicted molar refractivity (Wildman–Crippen MR) is 60.5 cm³/mol. The van der Waals surface area contributed by atoms with Gasteiger partial charge in [-0.05, 0) is 28.1 Å². The lowest BCUT2D eigenvalue weighted by atomic mass is 10.2. The van der Waals surface area contributed by atoms with E-state index in [1.807, 2.05) is 0 Å². The van der Waals surface area contributed by atoms with Gasteiger partial charge in [0.1, 0.15) is 0 Å². The van der Waals surface area contributed by atoms with Crippen LogP contribution in [0.5, 0.6) is 0 Å². The Kier molecular flexibility index (Phi) is 2.70. The molecule has 0 radical (unpaired) electrons. The van der Waals surface area contributed by atoms with Gasteiger partial charge in [-0.15, -0.1) is 11.8 Å². The zero-order valence-electron chi connectivity index (χ0n) is 7.41. The zero-order chi connectivity index (χ0) is 11.0. The van der Waals surface area contributed by atoms with Crippen LogP contribution in [-0.2, 0) is 4.79 Å². The van der Waals surface area contributed by atoms with Crippen LogP contribution in [0.25, 0.3) is 0 Å². The van der Waals surface area contributed by atoms with Crippen LogP contribution in [0.4, 0.5) is 5.69 Å². The lowest BCUT2D eigenvalue weighted by Crippen LogP contribution is -2.19. The van der Waals surface area contributed by atoms with Crippen LogP contribution in [0.3, 0.4) is 0 Å². The molecule has 2 N–H and O–H groups in total. The molecule has 1 heterocycles. The number of rotatable bonds is 1. The molecule has 0 spiro atoms.